The summed E-state index contributed by atoms with van der Waals surface area (Å²) in [6.45, 7) is 2.92. The van der Waals surface area contributed by atoms with E-state index in [0.29, 0.717) is 6.42 Å². The number of aryl methyl sites for hydroxylation is 1. The molecule has 0 bridgehead atoms. The average molecular weight is 280 g/mol. The van der Waals surface area contributed by atoms with E-state index >= 15 is 0 Å². The van der Waals surface area contributed by atoms with Crippen LogP contribution in [0.2, 0.25) is 0 Å². The summed E-state index contributed by atoms with van der Waals surface area (Å²) in [5, 5.41) is 0. The van der Waals surface area contributed by atoms with E-state index in [1.54, 1.807) is 12.4 Å². The quantitative estimate of drug-likeness (QED) is 0.864. The molecule has 3 nitrogen and oxygen atoms in total. The van der Waals surface area contributed by atoms with E-state index < -0.39 is 0 Å². The van der Waals surface area contributed by atoms with Crippen LogP contribution in [0.1, 0.15) is 35.6 Å². The number of pyridine rings is 1. The maximum Gasteiger partial charge on any atom is 0.227 e. The molecule has 2 heterocycles. The summed E-state index contributed by atoms with van der Waals surface area (Å²) in [6.07, 6.45) is 6.22. The first-order valence-corrected chi connectivity index (χ1v) is 7.49. The third kappa shape index (κ3) is 2.97. The van der Waals surface area contributed by atoms with E-state index in [1.807, 2.05) is 35.2 Å². The van der Waals surface area contributed by atoms with Crippen LogP contribution >= 0.6 is 0 Å². The first kappa shape index (κ1) is 13.8. The Labute approximate surface area is 125 Å². The second-order valence-corrected chi connectivity index (χ2v) is 5.63. The standard InChI is InChI=1S/C18H20N2O/c1-14-5-2-3-6-16(14)13-18(21)20-12-4-7-17(20)15-8-10-19-11-9-15/h2-3,5-6,8-11,17H,4,7,12-13H2,1H3. The molecule has 1 unspecified atom stereocenters. The number of likely N-dealkylation sites (tertiary alicyclic amines) is 1. The molecular weight excluding hydrogens is 260 g/mol. The number of rotatable bonds is 3. The molecular formula is C18H20N2O. The topological polar surface area (TPSA) is 33.2 Å². The predicted molar refractivity (Wildman–Crippen MR) is 82.8 cm³/mol. The lowest BCUT2D eigenvalue weighted by molar-refractivity contribution is -0.131. The second kappa shape index (κ2) is 6.08. The fourth-order valence-corrected chi connectivity index (χ4v) is 3.07. The normalized spacial score (nSPS) is 18.0. The van der Waals surface area contributed by atoms with Crippen molar-refractivity contribution in [2.75, 3.05) is 6.54 Å². The molecule has 1 amide bonds. The number of benzene rings is 1. The van der Waals surface area contributed by atoms with Gasteiger partial charge >= 0.3 is 0 Å². The van der Waals surface area contributed by atoms with E-state index in [4.69, 9.17) is 0 Å². The van der Waals surface area contributed by atoms with Crippen LogP contribution in [0.15, 0.2) is 48.8 Å². The summed E-state index contributed by atoms with van der Waals surface area (Å²) in [4.78, 5) is 18.8. The smallest absolute Gasteiger partial charge is 0.227 e. The van der Waals surface area contributed by atoms with Gasteiger partial charge in [0.05, 0.1) is 12.5 Å². The van der Waals surface area contributed by atoms with Crippen LogP contribution in [-0.4, -0.2) is 22.3 Å². The van der Waals surface area contributed by atoms with E-state index in [-0.39, 0.29) is 11.9 Å². The van der Waals surface area contributed by atoms with E-state index in [2.05, 4.69) is 18.0 Å². The zero-order valence-electron chi connectivity index (χ0n) is 12.3. The third-order valence-corrected chi connectivity index (χ3v) is 4.27. The Morgan fingerprint density at radius 2 is 2.00 bits per heavy atom. The van der Waals surface area contributed by atoms with Crippen molar-refractivity contribution in [2.45, 2.75) is 32.2 Å². The van der Waals surface area contributed by atoms with Crippen molar-refractivity contribution in [3.8, 4) is 0 Å². The molecule has 0 N–H and O–H groups in total. The molecule has 3 heteroatoms. The summed E-state index contributed by atoms with van der Waals surface area (Å²) in [5.74, 6) is 0.226. The van der Waals surface area contributed by atoms with Crippen molar-refractivity contribution in [1.29, 1.82) is 0 Å². The molecule has 1 fully saturated rings. The summed E-state index contributed by atoms with van der Waals surface area (Å²) >= 11 is 0. The minimum absolute atomic E-state index is 0.213. The van der Waals surface area contributed by atoms with Crippen molar-refractivity contribution in [3.05, 3.63) is 65.5 Å². The van der Waals surface area contributed by atoms with Gasteiger partial charge in [0.2, 0.25) is 5.91 Å². The highest BCUT2D eigenvalue weighted by atomic mass is 16.2. The molecule has 1 atom stereocenters. The lowest BCUT2D eigenvalue weighted by Gasteiger charge is -2.25. The van der Waals surface area contributed by atoms with Crippen molar-refractivity contribution in [2.24, 2.45) is 0 Å². The molecule has 1 saturated heterocycles. The number of carbonyl (C=O) groups excluding carboxylic acids is 1. The largest absolute Gasteiger partial charge is 0.335 e. The molecule has 21 heavy (non-hydrogen) atoms. The van der Waals surface area contributed by atoms with Gasteiger partial charge in [0.25, 0.3) is 0 Å². The average Bonchev–Trinajstić information content (AvgIpc) is 3.00. The highest BCUT2D eigenvalue weighted by Crippen LogP contribution is 2.32. The molecule has 1 aromatic heterocycles. The molecule has 1 aliphatic heterocycles. The van der Waals surface area contributed by atoms with Crippen molar-refractivity contribution in [3.63, 3.8) is 0 Å². The van der Waals surface area contributed by atoms with Crippen molar-refractivity contribution in [1.82, 2.24) is 9.88 Å². The lowest BCUT2D eigenvalue weighted by atomic mass is 10.0. The van der Waals surface area contributed by atoms with E-state index in [1.165, 1.54) is 11.1 Å². The molecule has 0 spiro atoms. The van der Waals surface area contributed by atoms with Gasteiger partial charge in [-0.2, -0.15) is 0 Å². The Morgan fingerprint density at radius 3 is 2.76 bits per heavy atom. The highest BCUT2D eigenvalue weighted by molar-refractivity contribution is 5.80. The van der Waals surface area contributed by atoms with Crippen LogP contribution in [0, 0.1) is 6.92 Å². The molecule has 108 valence electrons. The van der Waals surface area contributed by atoms with Crippen LogP contribution < -0.4 is 0 Å². The van der Waals surface area contributed by atoms with Gasteiger partial charge < -0.3 is 4.90 Å². The van der Waals surface area contributed by atoms with Gasteiger partial charge in [-0.1, -0.05) is 24.3 Å². The van der Waals surface area contributed by atoms with Gasteiger partial charge in [0, 0.05) is 18.9 Å². The maximum atomic E-state index is 12.7. The number of hydrogen-bond donors (Lipinski definition) is 0. The monoisotopic (exact) mass is 280 g/mol. The predicted octanol–water partition coefficient (Wildman–Crippen LogP) is 3.30. The van der Waals surface area contributed by atoms with Gasteiger partial charge in [-0.3, -0.25) is 9.78 Å². The van der Waals surface area contributed by atoms with Gasteiger partial charge in [-0.25, -0.2) is 0 Å². The fraction of sp³-hybridized carbons (Fsp3) is 0.333. The number of aromatic nitrogens is 1. The Hall–Kier alpha value is -2.16. The number of nitrogens with zero attached hydrogens (tertiary/aromatic N) is 2. The Morgan fingerprint density at radius 1 is 1.24 bits per heavy atom. The zero-order valence-corrected chi connectivity index (χ0v) is 12.3. The SMILES string of the molecule is Cc1ccccc1CC(=O)N1CCCC1c1ccncc1. The van der Waals surface area contributed by atoms with Crippen LogP contribution in [0.4, 0.5) is 0 Å². The number of hydrogen-bond acceptors (Lipinski definition) is 2. The number of carbonyl (C=O) groups is 1. The van der Waals surface area contributed by atoms with Crippen LogP contribution in [0.25, 0.3) is 0 Å². The molecule has 3 rings (SSSR count). The van der Waals surface area contributed by atoms with E-state index in [9.17, 15) is 4.79 Å². The van der Waals surface area contributed by atoms with Gasteiger partial charge in [0.15, 0.2) is 0 Å². The summed E-state index contributed by atoms with van der Waals surface area (Å²) < 4.78 is 0. The van der Waals surface area contributed by atoms with Gasteiger partial charge in [-0.05, 0) is 48.6 Å². The summed E-state index contributed by atoms with van der Waals surface area (Å²) in [6, 6.07) is 12.4. The molecule has 1 aromatic carbocycles. The Kier molecular flexibility index (Phi) is 4.00. The minimum atomic E-state index is 0.213. The Bertz CT molecular complexity index is 624. The minimum Gasteiger partial charge on any atom is -0.335 e. The maximum absolute atomic E-state index is 12.7. The molecule has 2 aromatic rings. The Balaban J connectivity index is 1.76. The first-order chi connectivity index (χ1) is 10.3. The summed E-state index contributed by atoms with van der Waals surface area (Å²) in [5.41, 5.74) is 3.51. The highest BCUT2D eigenvalue weighted by Gasteiger charge is 2.29. The first-order valence-electron chi connectivity index (χ1n) is 7.49. The van der Waals surface area contributed by atoms with Gasteiger partial charge in [0.1, 0.15) is 0 Å². The second-order valence-electron chi connectivity index (χ2n) is 5.63. The van der Waals surface area contributed by atoms with Crippen LogP contribution in [0.5, 0.6) is 0 Å². The van der Waals surface area contributed by atoms with Crippen molar-refractivity contribution < 1.29 is 4.79 Å². The number of amides is 1. The van der Waals surface area contributed by atoms with Crippen molar-refractivity contribution >= 4 is 5.91 Å². The molecule has 0 saturated carbocycles. The fourth-order valence-electron chi connectivity index (χ4n) is 3.07. The van der Waals surface area contributed by atoms with Gasteiger partial charge in [-0.15, -0.1) is 0 Å². The van der Waals surface area contributed by atoms with E-state index in [0.717, 1.165) is 24.9 Å². The van der Waals surface area contributed by atoms with Crippen LogP contribution in [0.3, 0.4) is 0 Å². The summed E-state index contributed by atoms with van der Waals surface area (Å²) in [7, 11) is 0. The van der Waals surface area contributed by atoms with Crippen LogP contribution in [-0.2, 0) is 11.2 Å². The molecule has 0 radical (unpaired) electrons. The molecule has 0 aliphatic carbocycles. The molecule has 1 aliphatic rings. The third-order valence-electron chi connectivity index (χ3n) is 4.27. The zero-order chi connectivity index (χ0) is 14.7. The lowest BCUT2D eigenvalue weighted by Crippen LogP contribution is -2.32.